The first-order valence-electron chi connectivity index (χ1n) is 5.46. The van der Waals surface area contributed by atoms with Crippen LogP contribution in [0.3, 0.4) is 0 Å². The topological polar surface area (TPSA) is 61.7 Å². The van der Waals surface area contributed by atoms with Crippen LogP contribution in [-0.4, -0.2) is 36.1 Å². The van der Waals surface area contributed by atoms with Gasteiger partial charge in [0.15, 0.2) is 0 Å². The summed E-state index contributed by atoms with van der Waals surface area (Å²) in [6.07, 6.45) is -0.802. The Bertz CT molecular complexity index is 339. The number of nitrogens with one attached hydrogen (secondary N) is 1. The molecule has 1 aromatic rings. The largest absolute Gasteiger partial charge is 0.497 e. The highest BCUT2D eigenvalue weighted by Gasteiger charge is 2.30. The molecule has 3 N–H and O–H groups in total. The van der Waals surface area contributed by atoms with Crippen molar-refractivity contribution in [2.75, 3.05) is 13.7 Å². The number of piperidine rings is 1. The zero-order valence-electron chi connectivity index (χ0n) is 9.26. The number of methoxy groups -OCH3 is 1. The summed E-state index contributed by atoms with van der Waals surface area (Å²) in [7, 11) is 1.62. The first kappa shape index (κ1) is 11.4. The van der Waals surface area contributed by atoms with Gasteiger partial charge < -0.3 is 20.3 Å². The highest BCUT2D eigenvalue weighted by atomic mass is 16.5. The van der Waals surface area contributed by atoms with Crippen LogP contribution in [-0.2, 0) is 0 Å². The lowest BCUT2D eigenvalue weighted by Crippen LogP contribution is -2.46. The molecule has 3 atom stereocenters. The molecule has 1 fully saturated rings. The molecule has 4 heteroatoms. The Hall–Kier alpha value is -1.10. The second kappa shape index (κ2) is 4.82. The minimum atomic E-state index is -0.748. The first-order chi connectivity index (χ1) is 7.72. The van der Waals surface area contributed by atoms with E-state index in [4.69, 9.17) is 4.74 Å². The Morgan fingerprint density at radius 2 is 1.94 bits per heavy atom. The maximum atomic E-state index is 9.87. The Kier molecular flexibility index (Phi) is 3.43. The maximum absolute atomic E-state index is 9.87. The lowest BCUT2D eigenvalue weighted by Gasteiger charge is -2.33. The van der Waals surface area contributed by atoms with Crippen LogP contribution in [0.15, 0.2) is 24.3 Å². The Labute approximate surface area is 94.9 Å². The van der Waals surface area contributed by atoms with Crippen LogP contribution < -0.4 is 10.1 Å². The van der Waals surface area contributed by atoms with Gasteiger partial charge in [0.1, 0.15) is 5.75 Å². The molecule has 0 aromatic heterocycles. The van der Waals surface area contributed by atoms with E-state index >= 15 is 0 Å². The molecule has 1 saturated heterocycles. The standard InChI is InChI=1S/C12H17NO3/c1-16-9-4-2-8(3-5-9)11-12(15)10(14)6-7-13-11/h2-5,10-15H,6-7H2,1H3/t10-,11+,12-/m0/s1. The van der Waals surface area contributed by atoms with Crippen molar-refractivity contribution in [2.24, 2.45) is 0 Å². The number of hydrogen-bond acceptors (Lipinski definition) is 4. The minimum absolute atomic E-state index is 0.199. The molecule has 0 aliphatic carbocycles. The van der Waals surface area contributed by atoms with Gasteiger partial charge in [0, 0.05) is 0 Å². The van der Waals surface area contributed by atoms with E-state index < -0.39 is 12.2 Å². The van der Waals surface area contributed by atoms with Crippen molar-refractivity contribution in [3.63, 3.8) is 0 Å². The van der Waals surface area contributed by atoms with Gasteiger partial charge in [-0.3, -0.25) is 0 Å². The lowest BCUT2D eigenvalue weighted by molar-refractivity contribution is -0.0271. The van der Waals surface area contributed by atoms with Gasteiger partial charge in [-0.2, -0.15) is 0 Å². The van der Waals surface area contributed by atoms with Crippen LogP contribution >= 0.6 is 0 Å². The minimum Gasteiger partial charge on any atom is -0.497 e. The van der Waals surface area contributed by atoms with Gasteiger partial charge in [0.25, 0.3) is 0 Å². The Balaban J connectivity index is 2.15. The summed E-state index contributed by atoms with van der Waals surface area (Å²) in [5, 5.41) is 22.7. The zero-order chi connectivity index (χ0) is 11.5. The van der Waals surface area contributed by atoms with Gasteiger partial charge in [0.05, 0.1) is 25.4 Å². The normalized spacial score (nSPS) is 30.1. The van der Waals surface area contributed by atoms with Crippen molar-refractivity contribution in [1.82, 2.24) is 5.32 Å². The summed E-state index contributed by atoms with van der Waals surface area (Å²) in [5.74, 6) is 0.787. The van der Waals surface area contributed by atoms with Crippen LogP contribution in [0, 0.1) is 0 Å². The summed E-state index contributed by atoms with van der Waals surface area (Å²) in [6, 6.07) is 7.31. The molecule has 1 aliphatic heterocycles. The molecule has 0 spiro atoms. The van der Waals surface area contributed by atoms with Crippen molar-refractivity contribution < 1.29 is 14.9 Å². The SMILES string of the molecule is COc1ccc([C@H]2NCC[C@H](O)[C@@H]2O)cc1. The predicted octanol–water partition coefficient (Wildman–Crippen LogP) is 0.451. The molecule has 1 aromatic carbocycles. The van der Waals surface area contributed by atoms with E-state index in [2.05, 4.69) is 5.32 Å². The predicted molar refractivity (Wildman–Crippen MR) is 60.4 cm³/mol. The molecule has 0 radical (unpaired) electrons. The number of aliphatic hydroxyl groups excluding tert-OH is 2. The second-order valence-corrected chi connectivity index (χ2v) is 4.05. The summed E-state index contributed by atoms with van der Waals surface area (Å²) in [4.78, 5) is 0. The summed E-state index contributed by atoms with van der Waals surface area (Å²) in [5.41, 5.74) is 0.965. The van der Waals surface area contributed by atoms with Gasteiger partial charge >= 0.3 is 0 Å². The van der Waals surface area contributed by atoms with E-state index in [1.807, 2.05) is 24.3 Å². The quantitative estimate of drug-likeness (QED) is 0.681. The fourth-order valence-corrected chi connectivity index (χ4v) is 2.03. The van der Waals surface area contributed by atoms with E-state index in [9.17, 15) is 10.2 Å². The Morgan fingerprint density at radius 1 is 1.25 bits per heavy atom. The molecular formula is C12H17NO3. The number of rotatable bonds is 2. The van der Waals surface area contributed by atoms with Crippen molar-refractivity contribution in [3.05, 3.63) is 29.8 Å². The van der Waals surface area contributed by atoms with Gasteiger partial charge in [-0.25, -0.2) is 0 Å². The van der Waals surface area contributed by atoms with Gasteiger partial charge in [0.2, 0.25) is 0 Å². The van der Waals surface area contributed by atoms with E-state index in [1.54, 1.807) is 7.11 Å². The maximum Gasteiger partial charge on any atom is 0.118 e. The lowest BCUT2D eigenvalue weighted by atomic mass is 9.92. The van der Waals surface area contributed by atoms with Crippen LogP contribution in [0.25, 0.3) is 0 Å². The molecule has 0 unspecified atom stereocenters. The molecule has 16 heavy (non-hydrogen) atoms. The molecule has 88 valence electrons. The first-order valence-corrected chi connectivity index (χ1v) is 5.46. The molecule has 0 bridgehead atoms. The van der Waals surface area contributed by atoms with Crippen LogP contribution in [0.5, 0.6) is 5.75 Å². The molecule has 2 rings (SSSR count). The zero-order valence-corrected chi connectivity index (χ0v) is 9.26. The average molecular weight is 223 g/mol. The van der Waals surface area contributed by atoms with Crippen LogP contribution in [0.1, 0.15) is 18.0 Å². The summed E-state index contributed by atoms with van der Waals surface area (Å²) in [6.45, 7) is 0.717. The smallest absolute Gasteiger partial charge is 0.118 e. The second-order valence-electron chi connectivity index (χ2n) is 4.05. The molecular weight excluding hydrogens is 206 g/mol. The highest BCUT2D eigenvalue weighted by molar-refractivity contribution is 5.30. The van der Waals surface area contributed by atoms with E-state index in [-0.39, 0.29) is 6.04 Å². The fourth-order valence-electron chi connectivity index (χ4n) is 2.03. The number of benzene rings is 1. The molecule has 1 heterocycles. The van der Waals surface area contributed by atoms with Crippen molar-refractivity contribution in [2.45, 2.75) is 24.7 Å². The molecule has 4 nitrogen and oxygen atoms in total. The van der Waals surface area contributed by atoms with Gasteiger partial charge in [-0.05, 0) is 30.7 Å². The third-order valence-corrected chi connectivity index (χ3v) is 3.02. The van der Waals surface area contributed by atoms with Gasteiger partial charge in [-0.1, -0.05) is 12.1 Å². The summed E-state index contributed by atoms with van der Waals surface area (Å²) < 4.78 is 5.07. The number of aliphatic hydroxyl groups is 2. The van der Waals surface area contributed by atoms with E-state index in [0.29, 0.717) is 6.42 Å². The fraction of sp³-hybridized carbons (Fsp3) is 0.500. The molecule has 0 amide bonds. The third-order valence-electron chi connectivity index (χ3n) is 3.02. The number of ether oxygens (including phenoxy) is 1. The third kappa shape index (κ3) is 2.19. The van der Waals surface area contributed by atoms with E-state index in [0.717, 1.165) is 17.9 Å². The Morgan fingerprint density at radius 3 is 2.56 bits per heavy atom. The molecule has 0 saturated carbocycles. The van der Waals surface area contributed by atoms with E-state index in [1.165, 1.54) is 0 Å². The highest BCUT2D eigenvalue weighted by Crippen LogP contribution is 2.25. The van der Waals surface area contributed by atoms with Crippen molar-refractivity contribution in [1.29, 1.82) is 0 Å². The summed E-state index contributed by atoms with van der Waals surface area (Å²) >= 11 is 0. The van der Waals surface area contributed by atoms with Crippen molar-refractivity contribution in [3.8, 4) is 5.75 Å². The monoisotopic (exact) mass is 223 g/mol. The molecule has 1 aliphatic rings. The van der Waals surface area contributed by atoms with Crippen molar-refractivity contribution >= 4 is 0 Å². The van der Waals surface area contributed by atoms with Crippen LogP contribution in [0.2, 0.25) is 0 Å². The average Bonchev–Trinajstić information content (AvgIpc) is 2.33. The number of hydrogen-bond donors (Lipinski definition) is 3. The van der Waals surface area contributed by atoms with Crippen LogP contribution in [0.4, 0.5) is 0 Å². The van der Waals surface area contributed by atoms with Gasteiger partial charge in [-0.15, -0.1) is 0 Å².